The van der Waals surface area contributed by atoms with Gasteiger partial charge in [0, 0.05) is 19.2 Å². The molecular formula is C27H45BrN2O3S. The third-order valence-corrected chi connectivity index (χ3v) is 6.65. The average molecular weight is 558 g/mol. The van der Waals surface area contributed by atoms with E-state index in [0.29, 0.717) is 29.6 Å². The zero-order valence-corrected chi connectivity index (χ0v) is 23.7. The summed E-state index contributed by atoms with van der Waals surface area (Å²) < 4.78 is 11.3. The Morgan fingerprint density at radius 1 is 0.882 bits per heavy atom. The minimum absolute atomic E-state index is 0.234. The van der Waals surface area contributed by atoms with Crippen LogP contribution in [0, 0.1) is 0 Å². The Balaban J connectivity index is 2.02. The van der Waals surface area contributed by atoms with Gasteiger partial charge in [0.1, 0.15) is 12.4 Å². The standard InChI is InChI=1S/C27H45BrN2O3S/c1-3-4-5-6-7-8-9-10-11-12-13-14-15-16-19-29-27(34)30-26(31)23-17-18-25(24(28)22-23)33-21-20-32-2/h17-18,22H,3-16,19-21H2,1-2H3,(H2,29,30,31,34). The minimum Gasteiger partial charge on any atom is -0.490 e. The highest BCUT2D eigenvalue weighted by Gasteiger charge is 2.11. The first kappa shape index (κ1) is 30.9. The molecule has 0 unspecified atom stereocenters. The Bertz CT molecular complexity index is 688. The van der Waals surface area contributed by atoms with Crippen LogP contribution in [0.4, 0.5) is 0 Å². The second kappa shape index (κ2) is 21.1. The summed E-state index contributed by atoms with van der Waals surface area (Å²) in [6.45, 7) is 4.02. The molecule has 34 heavy (non-hydrogen) atoms. The van der Waals surface area contributed by atoms with Crippen molar-refractivity contribution in [3.05, 3.63) is 28.2 Å². The van der Waals surface area contributed by atoms with Crippen LogP contribution >= 0.6 is 28.1 Å². The molecular weight excluding hydrogens is 512 g/mol. The lowest BCUT2D eigenvalue weighted by Gasteiger charge is -2.11. The van der Waals surface area contributed by atoms with Crippen LogP contribution in [0.1, 0.15) is 107 Å². The van der Waals surface area contributed by atoms with E-state index in [4.69, 9.17) is 21.7 Å². The van der Waals surface area contributed by atoms with Gasteiger partial charge in [0.2, 0.25) is 0 Å². The lowest BCUT2D eigenvalue weighted by atomic mass is 10.0. The van der Waals surface area contributed by atoms with Gasteiger partial charge in [-0.3, -0.25) is 10.1 Å². The Morgan fingerprint density at radius 2 is 1.44 bits per heavy atom. The Hall–Kier alpha value is -1.18. The van der Waals surface area contributed by atoms with Gasteiger partial charge in [0.05, 0.1) is 11.1 Å². The normalized spacial score (nSPS) is 10.8. The second-order valence-electron chi connectivity index (χ2n) is 8.79. The van der Waals surface area contributed by atoms with Crippen molar-refractivity contribution in [2.75, 3.05) is 26.9 Å². The zero-order chi connectivity index (χ0) is 24.9. The first-order valence-electron chi connectivity index (χ1n) is 13.1. The van der Waals surface area contributed by atoms with Crippen LogP contribution in [-0.4, -0.2) is 37.9 Å². The van der Waals surface area contributed by atoms with Crippen molar-refractivity contribution in [1.29, 1.82) is 0 Å². The number of nitrogens with one attached hydrogen (secondary N) is 2. The highest BCUT2D eigenvalue weighted by atomic mass is 79.9. The zero-order valence-electron chi connectivity index (χ0n) is 21.3. The highest BCUT2D eigenvalue weighted by Crippen LogP contribution is 2.26. The Kier molecular flexibility index (Phi) is 19.2. The second-order valence-corrected chi connectivity index (χ2v) is 10.1. The molecule has 1 aromatic rings. The number of hydrogen-bond acceptors (Lipinski definition) is 4. The highest BCUT2D eigenvalue weighted by molar-refractivity contribution is 9.10. The molecule has 0 spiro atoms. The number of carbonyl (C=O) groups excluding carboxylic acids is 1. The monoisotopic (exact) mass is 556 g/mol. The van der Waals surface area contributed by atoms with Crippen LogP contribution in [0.5, 0.6) is 5.75 Å². The van der Waals surface area contributed by atoms with E-state index in [0.717, 1.165) is 17.4 Å². The molecule has 0 saturated carbocycles. The largest absolute Gasteiger partial charge is 0.490 e. The van der Waals surface area contributed by atoms with Gasteiger partial charge in [0.15, 0.2) is 5.11 Å². The van der Waals surface area contributed by atoms with Crippen molar-refractivity contribution < 1.29 is 14.3 Å². The van der Waals surface area contributed by atoms with Gasteiger partial charge in [0.25, 0.3) is 5.91 Å². The van der Waals surface area contributed by atoms with Gasteiger partial charge in [-0.15, -0.1) is 0 Å². The van der Waals surface area contributed by atoms with Gasteiger partial charge in [-0.25, -0.2) is 0 Å². The fourth-order valence-electron chi connectivity index (χ4n) is 3.74. The average Bonchev–Trinajstić information content (AvgIpc) is 2.82. The van der Waals surface area contributed by atoms with Gasteiger partial charge >= 0.3 is 0 Å². The van der Waals surface area contributed by atoms with Crippen LogP contribution in [0.15, 0.2) is 22.7 Å². The molecule has 1 aromatic carbocycles. The number of rotatable bonds is 20. The molecule has 0 heterocycles. The molecule has 0 aliphatic carbocycles. The first-order valence-corrected chi connectivity index (χ1v) is 14.3. The van der Waals surface area contributed by atoms with Crippen molar-refractivity contribution in [1.82, 2.24) is 10.6 Å². The number of methoxy groups -OCH3 is 1. The van der Waals surface area contributed by atoms with E-state index in [1.165, 1.54) is 83.5 Å². The predicted octanol–water partition coefficient (Wildman–Crippen LogP) is 7.56. The third-order valence-electron chi connectivity index (χ3n) is 5.78. The summed E-state index contributed by atoms with van der Waals surface area (Å²) in [6.07, 6.45) is 18.8. The van der Waals surface area contributed by atoms with Crippen molar-refractivity contribution in [3.8, 4) is 5.75 Å². The van der Waals surface area contributed by atoms with E-state index in [1.807, 2.05) is 0 Å². The molecule has 0 fully saturated rings. The molecule has 2 N–H and O–H groups in total. The van der Waals surface area contributed by atoms with Crippen LogP contribution in [0.2, 0.25) is 0 Å². The molecule has 0 aromatic heterocycles. The number of thiocarbonyl (C=S) groups is 1. The summed E-state index contributed by atoms with van der Waals surface area (Å²) in [5.74, 6) is 0.440. The van der Waals surface area contributed by atoms with Crippen LogP contribution in [0.25, 0.3) is 0 Å². The summed E-state index contributed by atoms with van der Waals surface area (Å²) in [4.78, 5) is 12.4. The van der Waals surface area contributed by atoms with Crippen molar-refractivity contribution in [2.45, 2.75) is 96.8 Å². The van der Waals surface area contributed by atoms with Gasteiger partial charge in [-0.2, -0.15) is 0 Å². The third kappa shape index (κ3) is 15.7. The quantitative estimate of drug-likeness (QED) is 0.128. The first-order chi connectivity index (χ1) is 16.6. The van der Waals surface area contributed by atoms with E-state index in [2.05, 4.69) is 33.5 Å². The van der Waals surface area contributed by atoms with Gasteiger partial charge in [-0.05, 0) is 52.8 Å². The minimum atomic E-state index is -0.234. The number of unbranched alkanes of at least 4 members (excludes halogenated alkanes) is 13. The van der Waals surface area contributed by atoms with E-state index in [9.17, 15) is 4.79 Å². The molecule has 194 valence electrons. The SMILES string of the molecule is CCCCCCCCCCCCCCCCNC(=S)NC(=O)c1ccc(OCCOC)c(Br)c1. The van der Waals surface area contributed by atoms with E-state index >= 15 is 0 Å². The van der Waals surface area contributed by atoms with E-state index < -0.39 is 0 Å². The Labute approximate surface area is 221 Å². The molecule has 0 saturated heterocycles. The van der Waals surface area contributed by atoms with Gasteiger partial charge in [-0.1, -0.05) is 90.4 Å². The molecule has 0 aliphatic heterocycles. The molecule has 0 atom stereocenters. The maximum absolute atomic E-state index is 12.4. The number of amides is 1. The predicted molar refractivity (Wildman–Crippen MR) is 150 cm³/mol. The summed E-state index contributed by atoms with van der Waals surface area (Å²) in [7, 11) is 1.63. The molecule has 5 nitrogen and oxygen atoms in total. The van der Waals surface area contributed by atoms with Crippen LogP contribution in [0.3, 0.4) is 0 Å². The molecule has 1 rings (SSSR count). The molecule has 0 radical (unpaired) electrons. The fraction of sp³-hybridized carbons (Fsp3) is 0.704. The van der Waals surface area contributed by atoms with E-state index in [-0.39, 0.29) is 5.91 Å². The Morgan fingerprint density at radius 3 is 1.97 bits per heavy atom. The summed E-state index contributed by atoms with van der Waals surface area (Å²) in [5, 5.41) is 6.25. The topological polar surface area (TPSA) is 59.6 Å². The van der Waals surface area contributed by atoms with Crippen molar-refractivity contribution >= 4 is 39.2 Å². The molecule has 7 heteroatoms. The molecule has 0 bridgehead atoms. The maximum atomic E-state index is 12.4. The number of ether oxygens (including phenoxy) is 2. The van der Waals surface area contributed by atoms with Gasteiger partial charge < -0.3 is 14.8 Å². The van der Waals surface area contributed by atoms with Crippen LogP contribution < -0.4 is 15.4 Å². The number of halogens is 1. The lowest BCUT2D eigenvalue weighted by molar-refractivity contribution is 0.0976. The number of carbonyl (C=O) groups is 1. The maximum Gasteiger partial charge on any atom is 0.257 e. The van der Waals surface area contributed by atoms with E-state index in [1.54, 1.807) is 25.3 Å². The number of benzene rings is 1. The van der Waals surface area contributed by atoms with Crippen molar-refractivity contribution in [2.24, 2.45) is 0 Å². The lowest BCUT2D eigenvalue weighted by Crippen LogP contribution is -2.39. The molecule has 1 amide bonds. The molecule has 0 aliphatic rings. The van der Waals surface area contributed by atoms with Crippen LogP contribution in [-0.2, 0) is 4.74 Å². The fourth-order valence-corrected chi connectivity index (χ4v) is 4.42. The summed E-state index contributed by atoms with van der Waals surface area (Å²) >= 11 is 8.71. The summed E-state index contributed by atoms with van der Waals surface area (Å²) in [6, 6.07) is 5.21. The number of hydrogen-bond donors (Lipinski definition) is 2. The van der Waals surface area contributed by atoms with Crippen molar-refractivity contribution in [3.63, 3.8) is 0 Å². The summed E-state index contributed by atoms with van der Waals surface area (Å²) in [5.41, 5.74) is 0.520. The smallest absolute Gasteiger partial charge is 0.257 e.